The van der Waals surface area contributed by atoms with Gasteiger partial charge in [0.05, 0.1) is 18.2 Å². The molecule has 2 aliphatic rings. The van der Waals surface area contributed by atoms with Crippen LogP contribution < -0.4 is 4.74 Å². The van der Waals surface area contributed by atoms with Crippen molar-refractivity contribution in [3.05, 3.63) is 23.1 Å². The molecule has 138 valence electrons. The van der Waals surface area contributed by atoms with Gasteiger partial charge in [-0.15, -0.1) is 0 Å². The van der Waals surface area contributed by atoms with Gasteiger partial charge in [0.1, 0.15) is 11.7 Å². The Bertz CT molecular complexity index is 638. The summed E-state index contributed by atoms with van der Waals surface area (Å²) in [7, 11) is 0. The predicted molar refractivity (Wildman–Crippen MR) is 89.2 cm³/mol. The minimum absolute atomic E-state index is 0.0300. The Morgan fingerprint density at radius 2 is 2.00 bits per heavy atom. The first kappa shape index (κ1) is 18.2. The number of hydrogen-bond acceptors (Lipinski definition) is 5. The number of fused-ring (bicyclic) bond motifs is 2. The molecule has 1 amide bonds. The molecule has 2 fully saturated rings. The number of aromatic nitrogens is 1. The first-order chi connectivity index (χ1) is 11.7. The summed E-state index contributed by atoms with van der Waals surface area (Å²) in [6.07, 6.45) is 0.769. The molecule has 0 aromatic carbocycles. The second-order valence-corrected chi connectivity index (χ2v) is 7.84. The molecule has 6 nitrogen and oxygen atoms in total. The first-order valence-electron chi connectivity index (χ1n) is 8.27. The van der Waals surface area contributed by atoms with Crippen molar-refractivity contribution in [1.29, 1.82) is 0 Å². The molecule has 2 aliphatic heterocycles. The van der Waals surface area contributed by atoms with E-state index in [1.165, 1.54) is 12.3 Å². The fourth-order valence-electron chi connectivity index (χ4n) is 3.18. The Morgan fingerprint density at radius 1 is 1.36 bits per heavy atom. The zero-order valence-corrected chi connectivity index (χ0v) is 15.3. The highest BCUT2D eigenvalue weighted by molar-refractivity contribution is 6.30. The van der Waals surface area contributed by atoms with Crippen LogP contribution in [0.15, 0.2) is 12.3 Å². The van der Waals surface area contributed by atoms with Crippen molar-refractivity contribution in [3.63, 3.8) is 0 Å². The monoisotopic (exact) mass is 372 g/mol. The summed E-state index contributed by atoms with van der Waals surface area (Å²) in [5, 5.41) is -0.0300. The summed E-state index contributed by atoms with van der Waals surface area (Å²) < 4.78 is 31.0. The summed E-state index contributed by atoms with van der Waals surface area (Å²) in [5.41, 5.74) is -0.552. The van der Waals surface area contributed by atoms with Crippen LogP contribution in [-0.4, -0.2) is 54.0 Å². The molecule has 0 radical (unpaired) electrons. The number of hydrogen-bond donors (Lipinski definition) is 0. The van der Waals surface area contributed by atoms with E-state index in [0.717, 1.165) is 0 Å². The number of carbonyl (C=O) groups excluding carboxylic acids is 1. The average Bonchev–Trinajstić information content (AvgIpc) is 2.49. The summed E-state index contributed by atoms with van der Waals surface area (Å²) in [5.74, 6) is -0.946. The number of pyridine rings is 1. The minimum atomic E-state index is -0.669. The van der Waals surface area contributed by atoms with Crippen molar-refractivity contribution < 1.29 is 23.4 Å². The van der Waals surface area contributed by atoms with Crippen molar-refractivity contribution >= 4 is 17.7 Å². The van der Waals surface area contributed by atoms with Crippen molar-refractivity contribution in [1.82, 2.24) is 9.88 Å². The highest BCUT2D eigenvalue weighted by Gasteiger charge is 2.44. The van der Waals surface area contributed by atoms with Gasteiger partial charge >= 0.3 is 6.09 Å². The zero-order chi connectivity index (χ0) is 18.2. The Labute approximate surface area is 151 Å². The lowest BCUT2D eigenvalue weighted by molar-refractivity contribution is -0.114. The number of ether oxygens (including phenoxy) is 3. The summed E-state index contributed by atoms with van der Waals surface area (Å²) in [4.78, 5) is 17.9. The minimum Gasteiger partial charge on any atom is -0.471 e. The Kier molecular flexibility index (Phi) is 5.06. The Balaban J connectivity index is 1.72. The number of halogens is 2. The van der Waals surface area contributed by atoms with Gasteiger partial charge in [0.2, 0.25) is 5.82 Å². The van der Waals surface area contributed by atoms with E-state index in [0.29, 0.717) is 26.3 Å². The fourth-order valence-corrected chi connectivity index (χ4v) is 3.32. The molecule has 3 heterocycles. The maximum Gasteiger partial charge on any atom is 0.410 e. The number of rotatable bonds is 2. The third-order valence-electron chi connectivity index (χ3n) is 4.21. The van der Waals surface area contributed by atoms with Gasteiger partial charge in [0.25, 0.3) is 5.88 Å². The van der Waals surface area contributed by atoms with Crippen LogP contribution in [0.3, 0.4) is 0 Å². The second kappa shape index (κ2) is 6.96. The first-order valence-corrected chi connectivity index (χ1v) is 8.65. The third-order valence-corrected chi connectivity index (χ3v) is 4.50. The lowest BCUT2D eigenvalue weighted by Gasteiger charge is -2.46. The molecule has 0 spiro atoms. The van der Waals surface area contributed by atoms with Crippen LogP contribution in [0.4, 0.5) is 9.18 Å². The van der Waals surface area contributed by atoms with E-state index in [-0.39, 0.29) is 34.9 Å². The van der Waals surface area contributed by atoms with Crippen LogP contribution in [-0.2, 0) is 9.47 Å². The van der Waals surface area contributed by atoms with E-state index in [2.05, 4.69) is 4.98 Å². The second-order valence-electron chi connectivity index (χ2n) is 7.44. The summed E-state index contributed by atoms with van der Waals surface area (Å²) in [6, 6.07) is 1.37. The number of likely N-dealkylation sites (tertiary alicyclic amines) is 1. The van der Waals surface area contributed by atoms with Gasteiger partial charge in [-0.1, -0.05) is 11.6 Å². The lowest BCUT2D eigenvalue weighted by Crippen LogP contribution is -2.59. The average molecular weight is 373 g/mol. The lowest BCUT2D eigenvalue weighted by atomic mass is 9.84. The molecule has 0 aliphatic carbocycles. The number of carbonyl (C=O) groups is 1. The molecule has 2 saturated heterocycles. The van der Waals surface area contributed by atoms with Gasteiger partial charge in [0.15, 0.2) is 0 Å². The molecule has 2 atom stereocenters. The van der Waals surface area contributed by atoms with Crippen molar-refractivity contribution in [2.45, 2.75) is 32.5 Å². The van der Waals surface area contributed by atoms with Crippen LogP contribution in [0.2, 0.25) is 5.02 Å². The maximum absolute atomic E-state index is 14.1. The van der Waals surface area contributed by atoms with Crippen molar-refractivity contribution in [2.24, 2.45) is 11.8 Å². The predicted octanol–water partition coefficient (Wildman–Crippen LogP) is 3.13. The van der Waals surface area contributed by atoms with Gasteiger partial charge in [-0.25, -0.2) is 9.78 Å². The number of amides is 1. The molecule has 0 N–H and O–H groups in total. The van der Waals surface area contributed by atoms with E-state index >= 15 is 0 Å². The molecule has 8 heteroatoms. The van der Waals surface area contributed by atoms with E-state index in [4.69, 9.17) is 25.8 Å². The smallest absolute Gasteiger partial charge is 0.410 e. The van der Waals surface area contributed by atoms with Gasteiger partial charge < -0.3 is 19.1 Å². The van der Waals surface area contributed by atoms with Gasteiger partial charge in [-0.3, -0.25) is 0 Å². The molecule has 0 saturated carbocycles. The molecule has 2 unspecified atom stereocenters. The standard InChI is InChI=1S/C17H22ClFN2O4/c1-17(2,3)25-16(22)21-6-10-8-23-9-11(7-21)14(10)24-15-13(19)12(18)4-5-20-15/h4-5,10-11,14H,6-9H2,1-3H3. The molecule has 1 aromatic heterocycles. The normalized spacial score (nSPS) is 26.3. The zero-order valence-electron chi connectivity index (χ0n) is 14.5. The van der Waals surface area contributed by atoms with Crippen LogP contribution in [0.1, 0.15) is 20.8 Å². The number of nitrogens with zero attached hydrogens (tertiary/aromatic N) is 2. The Hall–Kier alpha value is -1.60. The number of piperidine rings is 1. The molecular formula is C17H22ClFN2O4. The molecule has 1 aromatic rings. The van der Waals surface area contributed by atoms with Crippen LogP contribution in [0.5, 0.6) is 5.88 Å². The topological polar surface area (TPSA) is 60.9 Å². The summed E-state index contributed by atoms with van der Waals surface area (Å²) >= 11 is 5.79. The Morgan fingerprint density at radius 3 is 2.60 bits per heavy atom. The highest BCUT2D eigenvalue weighted by atomic mass is 35.5. The van der Waals surface area contributed by atoms with E-state index in [1.54, 1.807) is 4.90 Å². The van der Waals surface area contributed by atoms with Crippen LogP contribution in [0, 0.1) is 17.7 Å². The maximum atomic E-state index is 14.1. The quantitative estimate of drug-likeness (QED) is 0.798. The third kappa shape index (κ3) is 4.15. The van der Waals surface area contributed by atoms with Crippen LogP contribution >= 0.6 is 11.6 Å². The van der Waals surface area contributed by atoms with E-state index in [9.17, 15) is 9.18 Å². The SMILES string of the molecule is CC(C)(C)OC(=O)N1CC2COCC(C1)C2Oc1nccc(Cl)c1F. The van der Waals surface area contributed by atoms with Gasteiger partial charge in [0, 0.05) is 31.1 Å². The highest BCUT2D eigenvalue weighted by Crippen LogP contribution is 2.33. The van der Waals surface area contributed by atoms with Gasteiger partial charge in [-0.2, -0.15) is 4.39 Å². The molecule has 25 heavy (non-hydrogen) atoms. The van der Waals surface area contributed by atoms with E-state index < -0.39 is 11.4 Å². The largest absolute Gasteiger partial charge is 0.471 e. The fraction of sp³-hybridized carbons (Fsp3) is 0.647. The van der Waals surface area contributed by atoms with Crippen molar-refractivity contribution in [2.75, 3.05) is 26.3 Å². The molecular weight excluding hydrogens is 351 g/mol. The van der Waals surface area contributed by atoms with E-state index in [1.807, 2.05) is 20.8 Å². The van der Waals surface area contributed by atoms with Gasteiger partial charge in [-0.05, 0) is 26.8 Å². The summed E-state index contributed by atoms with van der Waals surface area (Å²) in [6.45, 7) is 7.22. The molecule has 2 bridgehead atoms. The molecule has 3 rings (SSSR count). The van der Waals surface area contributed by atoms with Crippen molar-refractivity contribution in [3.8, 4) is 5.88 Å². The van der Waals surface area contributed by atoms with Crippen LogP contribution in [0.25, 0.3) is 0 Å².